The fraction of sp³-hybridized carbons (Fsp3) is 0.200. The number of aromatic nitrogens is 1. The van der Waals surface area contributed by atoms with Crippen LogP contribution in [-0.4, -0.2) is 10.9 Å². The Hall–Kier alpha value is -1.43. The zero-order valence-corrected chi connectivity index (χ0v) is 13.3. The molecule has 1 aromatic heterocycles. The predicted molar refractivity (Wildman–Crippen MR) is 85.6 cm³/mol. The Bertz CT molecular complexity index is 638. The highest BCUT2D eigenvalue weighted by Crippen LogP contribution is 2.16. The van der Waals surface area contributed by atoms with Crippen molar-refractivity contribution >= 4 is 34.3 Å². The number of hydrogen-bond donors (Lipinski definition) is 1. The summed E-state index contributed by atoms with van der Waals surface area (Å²) in [5.41, 5.74) is 3.91. The van der Waals surface area contributed by atoms with E-state index in [0.29, 0.717) is 11.4 Å². The highest BCUT2D eigenvalue weighted by Gasteiger charge is 2.09. The first-order valence-corrected chi connectivity index (χ1v) is 7.06. The maximum absolute atomic E-state index is 12.2. The van der Waals surface area contributed by atoms with Gasteiger partial charge in [-0.05, 0) is 78.3 Å². The second-order valence-electron chi connectivity index (χ2n) is 4.57. The van der Waals surface area contributed by atoms with Gasteiger partial charge in [0.05, 0.1) is 0 Å². The minimum absolute atomic E-state index is 0.125. The van der Waals surface area contributed by atoms with E-state index in [1.807, 2.05) is 45.0 Å². The summed E-state index contributed by atoms with van der Waals surface area (Å²) in [7, 11) is 0. The summed E-state index contributed by atoms with van der Waals surface area (Å²) in [4.78, 5) is 16.4. The predicted octanol–water partition coefficient (Wildman–Crippen LogP) is 3.86. The Morgan fingerprint density at radius 1 is 1.11 bits per heavy atom. The summed E-state index contributed by atoms with van der Waals surface area (Å²) in [5.74, 6) is 0.489. The van der Waals surface area contributed by atoms with Crippen molar-refractivity contribution in [2.75, 3.05) is 5.32 Å². The van der Waals surface area contributed by atoms with Gasteiger partial charge < -0.3 is 5.32 Å². The zero-order chi connectivity index (χ0) is 14.0. The topological polar surface area (TPSA) is 42.0 Å². The van der Waals surface area contributed by atoms with E-state index in [2.05, 4.69) is 32.9 Å². The van der Waals surface area contributed by atoms with Crippen LogP contribution in [0.4, 0.5) is 5.82 Å². The average Bonchev–Trinajstić information content (AvgIpc) is 2.36. The number of carbonyl (C=O) groups excluding carboxylic acids is 1. The first-order chi connectivity index (χ1) is 8.97. The average molecular weight is 366 g/mol. The molecule has 0 saturated heterocycles. The van der Waals surface area contributed by atoms with Crippen molar-refractivity contribution in [1.29, 1.82) is 0 Å². The number of amides is 1. The van der Waals surface area contributed by atoms with Crippen LogP contribution < -0.4 is 5.32 Å². The van der Waals surface area contributed by atoms with Crippen LogP contribution in [0.5, 0.6) is 0 Å². The molecule has 0 radical (unpaired) electrons. The van der Waals surface area contributed by atoms with Gasteiger partial charge in [-0.25, -0.2) is 4.98 Å². The molecular weight excluding hydrogens is 351 g/mol. The number of halogens is 1. The summed E-state index contributed by atoms with van der Waals surface area (Å²) in [6, 6.07) is 7.68. The maximum atomic E-state index is 12.2. The third-order valence-corrected chi connectivity index (χ3v) is 3.64. The molecule has 0 aliphatic rings. The van der Waals surface area contributed by atoms with E-state index in [9.17, 15) is 4.79 Å². The molecular formula is C15H15IN2O. The third-order valence-electron chi connectivity index (χ3n) is 3.05. The van der Waals surface area contributed by atoms with Crippen molar-refractivity contribution < 1.29 is 4.79 Å². The number of carbonyl (C=O) groups is 1. The molecule has 0 bridgehead atoms. The van der Waals surface area contributed by atoms with Crippen molar-refractivity contribution in [1.82, 2.24) is 4.98 Å². The number of nitrogens with one attached hydrogen (secondary N) is 1. The van der Waals surface area contributed by atoms with Crippen LogP contribution in [0.25, 0.3) is 0 Å². The van der Waals surface area contributed by atoms with E-state index >= 15 is 0 Å². The van der Waals surface area contributed by atoms with Crippen LogP contribution in [0.3, 0.4) is 0 Å². The van der Waals surface area contributed by atoms with Crippen molar-refractivity contribution in [3.63, 3.8) is 0 Å². The minimum Gasteiger partial charge on any atom is -0.306 e. The molecule has 0 aliphatic heterocycles. The van der Waals surface area contributed by atoms with Gasteiger partial charge in [0, 0.05) is 15.3 Å². The van der Waals surface area contributed by atoms with Gasteiger partial charge in [0.25, 0.3) is 5.91 Å². The molecule has 1 aromatic carbocycles. The number of rotatable bonds is 2. The van der Waals surface area contributed by atoms with E-state index in [1.54, 1.807) is 6.20 Å². The van der Waals surface area contributed by atoms with Crippen LogP contribution in [0, 0.1) is 24.3 Å². The SMILES string of the molecule is Cc1ccc(C(=O)Nc2ncc(I)cc2C)cc1C. The van der Waals surface area contributed by atoms with Gasteiger partial charge in [0.1, 0.15) is 5.82 Å². The van der Waals surface area contributed by atoms with Crippen LogP contribution in [0.2, 0.25) is 0 Å². The summed E-state index contributed by atoms with van der Waals surface area (Å²) >= 11 is 2.20. The van der Waals surface area contributed by atoms with Gasteiger partial charge in [0.15, 0.2) is 0 Å². The smallest absolute Gasteiger partial charge is 0.256 e. The second kappa shape index (κ2) is 5.69. The van der Waals surface area contributed by atoms with Gasteiger partial charge in [-0.2, -0.15) is 0 Å². The van der Waals surface area contributed by atoms with Crippen molar-refractivity contribution in [3.05, 3.63) is 56.3 Å². The summed E-state index contributed by atoms with van der Waals surface area (Å²) < 4.78 is 1.05. The molecule has 1 heterocycles. The normalized spacial score (nSPS) is 10.3. The van der Waals surface area contributed by atoms with Gasteiger partial charge in [0.2, 0.25) is 0 Å². The van der Waals surface area contributed by atoms with E-state index in [-0.39, 0.29) is 5.91 Å². The quantitative estimate of drug-likeness (QED) is 0.821. The number of benzene rings is 1. The Morgan fingerprint density at radius 3 is 2.47 bits per heavy atom. The standard InChI is InChI=1S/C15H15IN2O/c1-9-4-5-12(6-10(9)2)15(19)18-14-11(3)7-13(16)8-17-14/h4-8H,1-3H3,(H,17,18,19). The lowest BCUT2D eigenvalue weighted by atomic mass is 10.1. The number of anilines is 1. The molecule has 0 spiro atoms. The van der Waals surface area contributed by atoms with Crippen LogP contribution in [0.15, 0.2) is 30.5 Å². The molecule has 0 unspecified atom stereocenters. The Morgan fingerprint density at radius 2 is 1.84 bits per heavy atom. The Labute approximate surface area is 126 Å². The van der Waals surface area contributed by atoms with Gasteiger partial charge in [-0.3, -0.25) is 4.79 Å². The van der Waals surface area contributed by atoms with Crippen LogP contribution >= 0.6 is 22.6 Å². The summed E-state index contributed by atoms with van der Waals surface area (Å²) in [5, 5.41) is 2.85. The molecule has 2 aromatic rings. The monoisotopic (exact) mass is 366 g/mol. The fourth-order valence-corrected chi connectivity index (χ4v) is 2.34. The summed E-state index contributed by atoms with van der Waals surface area (Å²) in [6.07, 6.45) is 1.74. The molecule has 0 aliphatic carbocycles. The molecule has 0 atom stereocenters. The molecule has 3 nitrogen and oxygen atoms in total. The largest absolute Gasteiger partial charge is 0.306 e. The van der Waals surface area contributed by atoms with E-state index in [4.69, 9.17) is 0 Å². The molecule has 19 heavy (non-hydrogen) atoms. The highest BCUT2D eigenvalue weighted by atomic mass is 127. The molecule has 4 heteroatoms. The lowest BCUT2D eigenvalue weighted by Crippen LogP contribution is -2.14. The number of pyridine rings is 1. The second-order valence-corrected chi connectivity index (χ2v) is 5.82. The molecule has 1 N–H and O–H groups in total. The molecule has 1 amide bonds. The zero-order valence-electron chi connectivity index (χ0n) is 11.1. The maximum Gasteiger partial charge on any atom is 0.256 e. The molecule has 0 fully saturated rings. The number of aryl methyl sites for hydroxylation is 3. The highest BCUT2D eigenvalue weighted by molar-refractivity contribution is 14.1. The van der Waals surface area contributed by atoms with E-state index in [1.165, 1.54) is 5.56 Å². The number of hydrogen-bond acceptors (Lipinski definition) is 2. The van der Waals surface area contributed by atoms with Gasteiger partial charge in [-0.1, -0.05) is 6.07 Å². The Kier molecular flexibility index (Phi) is 4.19. The minimum atomic E-state index is -0.125. The van der Waals surface area contributed by atoms with Crippen molar-refractivity contribution in [2.45, 2.75) is 20.8 Å². The van der Waals surface area contributed by atoms with Gasteiger partial charge in [-0.15, -0.1) is 0 Å². The third kappa shape index (κ3) is 3.32. The molecule has 98 valence electrons. The van der Waals surface area contributed by atoms with E-state index < -0.39 is 0 Å². The van der Waals surface area contributed by atoms with E-state index in [0.717, 1.165) is 14.7 Å². The Balaban J connectivity index is 2.23. The van der Waals surface area contributed by atoms with Gasteiger partial charge >= 0.3 is 0 Å². The van der Waals surface area contributed by atoms with Crippen LogP contribution in [0.1, 0.15) is 27.0 Å². The van der Waals surface area contributed by atoms with Crippen LogP contribution in [-0.2, 0) is 0 Å². The first kappa shape index (κ1) is 14.0. The lowest BCUT2D eigenvalue weighted by Gasteiger charge is -2.09. The summed E-state index contributed by atoms with van der Waals surface area (Å²) in [6.45, 7) is 5.97. The van der Waals surface area contributed by atoms with Crippen molar-refractivity contribution in [2.24, 2.45) is 0 Å². The molecule has 0 saturated carbocycles. The van der Waals surface area contributed by atoms with Crippen molar-refractivity contribution in [3.8, 4) is 0 Å². The first-order valence-electron chi connectivity index (χ1n) is 5.98. The fourth-order valence-electron chi connectivity index (χ4n) is 1.73. The lowest BCUT2D eigenvalue weighted by molar-refractivity contribution is 0.102. The molecule has 2 rings (SSSR count). The number of nitrogens with zero attached hydrogens (tertiary/aromatic N) is 1.